The van der Waals surface area contributed by atoms with Crippen LogP contribution in [0, 0.1) is 13.8 Å². The summed E-state index contributed by atoms with van der Waals surface area (Å²) in [5, 5.41) is 3.36. The van der Waals surface area contributed by atoms with E-state index >= 15 is 0 Å². The molecule has 2 aromatic rings. The summed E-state index contributed by atoms with van der Waals surface area (Å²) in [5.74, 6) is 3.88. The summed E-state index contributed by atoms with van der Waals surface area (Å²) in [4.78, 5) is 8.73. The predicted octanol–water partition coefficient (Wildman–Crippen LogP) is 3.39. The molecule has 1 unspecified atom stereocenters. The standard InChI is InChI=1S/C15H22N4O/c1-5-6-14-18-13(16)8-15(19-14)17-10(3)12-7-9(2)20-11(12)4/h7-8,10H,5-6H2,1-4H3,(H3,16,17,18,19). The van der Waals surface area contributed by atoms with Gasteiger partial charge in [0.2, 0.25) is 0 Å². The molecule has 3 N–H and O–H groups in total. The van der Waals surface area contributed by atoms with Crippen LogP contribution in [0.15, 0.2) is 16.5 Å². The van der Waals surface area contributed by atoms with E-state index in [4.69, 9.17) is 10.2 Å². The second kappa shape index (κ2) is 5.94. The molecule has 1 atom stereocenters. The van der Waals surface area contributed by atoms with Crippen molar-refractivity contribution in [2.75, 3.05) is 11.1 Å². The fourth-order valence-electron chi connectivity index (χ4n) is 2.31. The number of nitrogen functional groups attached to an aromatic ring is 1. The highest BCUT2D eigenvalue weighted by Crippen LogP contribution is 2.24. The van der Waals surface area contributed by atoms with E-state index in [1.54, 1.807) is 6.07 Å². The van der Waals surface area contributed by atoms with E-state index < -0.39 is 0 Å². The lowest BCUT2D eigenvalue weighted by atomic mass is 10.1. The minimum absolute atomic E-state index is 0.108. The molecule has 0 bridgehead atoms. The topological polar surface area (TPSA) is 77.0 Å². The van der Waals surface area contributed by atoms with Crippen molar-refractivity contribution in [1.82, 2.24) is 9.97 Å². The quantitative estimate of drug-likeness (QED) is 0.873. The van der Waals surface area contributed by atoms with Crippen molar-refractivity contribution < 1.29 is 4.42 Å². The number of nitrogens with one attached hydrogen (secondary N) is 1. The highest BCUT2D eigenvalue weighted by atomic mass is 16.3. The molecular formula is C15H22N4O. The minimum Gasteiger partial charge on any atom is -0.466 e. The van der Waals surface area contributed by atoms with E-state index in [9.17, 15) is 0 Å². The van der Waals surface area contributed by atoms with Gasteiger partial charge in [-0.25, -0.2) is 9.97 Å². The maximum absolute atomic E-state index is 5.83. The van der Waals surface area contributed by atoms with Crippen LogP contribution in [-0.4, -0.2) is 9.97 Å². The molecular weight excluding hydrogens is 252 g/mol. The van der Waals surface area contributed by atoms with Gasteiger partial charge in [-0.15, -0.1) is 0 Å². The van der Waals surface area contributed by atoms with Crippen LogP contribution in [0.25, 0.3) is 0 Å². The Bertz CT molecular complexity index is 592. The molecule has 2 aromatic heterocycles. The summed E-state index contributed by atoms with van der Waals surface area (Å²) in [7, 11) is 0. The lowest BCUT2D eigenvalue weighted by Crippen LogP contribution is -2.10. The second-order valence-corrected chi connectivity index (χ2v) is 5.08. The highest BCUT2D eigenvalue weighted by molar-refractivity contribution is 5.46. The number of aryl methyl sites for hydroxylation is 3. The zero-order valence-corrected chi connectivity index (χ0v) is 12.5. The maximum atomic E-state index is 5.83. The monoisotopic (exact) mass is 274 g/mol. The molecule has 0 aliphatic rings. The van der Waals surface area contributed by atoms with Gasteiger partial charge in [-0.2, -0.15) is 0 Å². The van der Waals surface area contributed by atoms with Crippen molar-refractivity contribution in [2.24, 2.45) is 0 Å². The Morgan fingerprint density at radius 3 is 2.65 bits per heavy atom. The lowest BCUT2D eigenvalue weighted by Gasteiger charge is -2.14. The SMILES string of the molecule is CCCc1nc(N)cc(NC(C)c2cc(C)oc2C)n1. The van der Waals surface area contributed by atoms with Gasteiger partial charge in [-0.1, -0.05) is 6.92 Å². The first-order chi connectivity index (χ1) is 9.49. The molecule has 5 nitrogen and oxygen atoms in total. The molecule has 2 heterocycles. The zero-order valence-electron chi connectivity index (χ0n) is 12.5. The summed E-state index contributed by atoms with van der Waals surface area (Å²) < 4.78 is 5.56. The molecule has 0 amide bonds. The number of nitrogens with zero attached hydrogens (tertiary/aromatic N) is 2. The fraction of sp³-hybridized carbons (Fsp3) is 0.467. The maximum Gasteiger partial charge on any atom is 0.133 e. The van der Waals surface area contributed by atoms with E-state index in [2.05, 4.69) is 29.1 Å². The van der Waals surface area contributed by atoms with Crippen molar-refractivity contribution in [2.45, 2.75) is 46.6 Å². The Morgan fingerprint density at radius 1 is 1.30 bits per heavy atom. The van der Waals surface area contributed by atoms with Gasteiger partial charge in [0.1, 0.15) is 29.0 Å². The molecule has 0 aromatic carbocycles. The predicted molar refractivity (Wildman–Crippen MR) is 80.7 cm³/mol. The molecule has 0 saturated heterocycles. The van der Waals surface area contributed by atoms with Crippen LogP contribution < -0.4 is 11.1 Å². The molecule has 20 heavy (non-hydrogen) atoms. The average molecular weight is 274 g/mol. The number of hydrogen-bond acceptors (Lipinski definition) is 5. The fourth-order valence-corrected chi connectivity index (χ4v) is 2.31. The van der Waals surface area contributed by atoms with Gasteiger partial charge < -0.3 is 15.5 Å². The summed E-state index contributed by atoms with van der Waals surface area (Å²) >= 11 is 0. The number of rotatable bonds is 5. The number of hydrogen-bond donors (Lipinski definition) is 2. The lowest BCUT2D eigenvalue weighted by molar-refractivity contribution is 0.499. The van der Waals surface area contributed by atoms with Crippen LogP contribution in [0.4, 0.5) is 11.6 Å². The highest BCUT2D eigenvalue weighted by Gasteiger charge is 2.13. The van der Waals surface area contributed by atoms with Crippen molar-refractivity contribution in [1.29, 1.82) is 0 Å². The molecule has 108 valence electrons. The van der Waals surface area contributed by atoms with Gasteiger partial charge >= 0.3 is 0 Å². The third-order valence-electron chi connectivity index (χ3n) is 3.18. The molecule has 0 saturated carbocycles. The van der Waals surface area contributed by atoms with E-state index in [0.29, 0.717) is 5.82 Å². The number of anilines is 2. The van der Waals surface area contributed by atoms with E-state index in [1.165, 1.54) is 0 Å². The zero-order chi connectivity index (χ0) is 14.7. The Morgan fingerprint density at radius 2 is 2.05 bits per heavy atom. The largest absolute Gasteiger partial charge is 0.466 e. The van der Waals surface area contributed by atoms with Crippen LogP contribution in [0.3, 0.4) is 0 Å². The van der Waals surface area contributed by atoms with Gasteiger partial charge in [-0.3, -0.25) is 0 Å². The van der Waals surface area contributed by atoms with E-state index in [1.807, 2.05) is 19.9 Å². The van der Waals surface area contributed by atoms with Gasteiger partial charge in [0.05, 0.1) is 6.04 Å². The molecule has 5 heteroatoms. The molecule has 0 aliphatic heterocycles. The smallest absolute Gasteiger partial charge is 0.133 e. The van der Waals surface area contributed by atoms with Crippen molar-refractivity contribution in [3.05, 3.63) is 35.0 Å². The molecule has 0 fully saturated rings. The molecule has 0 spiro atoms. The third-order valence-corrected chi connectivity index (χ3v) is 3.18. The first-order valence-electron chi connectivity index (χ1n) is 6.96. The van der Waals surface area contributed by atoms with Gasteiger partial charge in [-0.05, 0) is 33.3 Å². The molecule has 0 aliphatic carbocycles. The number of furan rings is 1. The average Bonchev–Trinajstić information content (AvgIpc) is 2.68. The normalized spacial score (nSPS) is 12.4. The molecule has 2 rings (SSSR count). The molecule has 0 radical (unpaired) electrons. The summed E-state index contributed by atoms with van der Waals surface area (Å²) in [6, 6.07) is 3.92. The van der Waals surface area contributed by atoms with Gasteiger partial charge in [0, 0.05) is 18.1 Å². The Balaban J connectivity index is 2.18. The van der Waals surface area contributed by atoms with Crippen LogP contribution in [0.1, 0.15) is 49.2 Å². The minimum atomic E-state index is 0.108. The van der Waals surface area contributed by atoms with Crippen LogP contribution in [0.2, 0.25) is 0 Å². The van der Waals surface area contributed by atoms with Gasteiger partial charge in [0.15, 0.2) is 0 Å². The van der Waals surface area contributed by atoms with Crippen molar-refractivity contribution >= 4 is 11.6 Å². The Kier molecular flexibility index (Phi) is 4.27. The van der Waals surface area contributed by atoms with Gasteiger partial charge in [0.25, 0.3) is 0 Å². The first kappa shape index (κ1) is 14.4. The Labute approximate surface area is 119 Å². The van der Waals surface area contributed by atoms with Crippen LogP contribution in [-0.2, 0) is 6.42 Å². The van der Waals surface area contributed by atoms with E-state index in [0.717, 1.165) is 41.6 Å². The van der Waals surface area contributed by atoms with Crippen molar-refractivity contribution in [3.8, 4) is 0 Å². The Hall–Kier alpha value is -2.04. The van der Waals surface area contributed by atoms with E-state index in [-0.39, 0.29) is 6.04 Å². The number of aromatic nitrogens is 2. The third kappa shape index (κ3) is 3.29. The summed E-state index contributed by atoms with van der Waals surface area (Å²) in [6.07, 6.45) is 1.83. The van der Waals surface area contributed by atoms with Crippen molar-refractivity contribution in [3.63, 3.8) is 0 Å². The van der Waals surface area contributed by atoms with Crippen LogP contribution in [0.5, 0.6) is 0 Å². The summed E-state index contributed by atoms with van der Waals surface area (Å²) in [5.41, 5.74) is 6.96. The van der Waals surface area contributed by atoms with Crippen LogP contribution >= 0.6 is 0 Å². The number of nitrogens with two attached hydrogens (primary N) is 1. The summed E-state index contributed by atoms with van der Waals surface area (Å²) in [6.45, 7) is 8.09. The second-order valence-electron chi connectivity index (χ2n) is 5.08. The first-order valence-corrected chi connectivity index (χ1v) is 6.96.